The van der Waals surface area contributed by atoms with E-state index >= 15 is 0 Å². The van der Waals surface area contributed by atoms with E-state index in [2.05, 4.69) is 189 Å². The number of anilines is 1. The van der Waals surface area contributed by atoms with E-state index in [1.54, 1.807) is 0 Å². The number of hydrogen-bond acceptors (Lipinski definition) is 1. The molecule has 43 heavy (non-hydrogen) atoms. The van der Waals surface area contributed by atoms with Gasteiger partial charge in [-0.05, 0) is 37.1 Å². The summed E-state index contributed by atoms with van der Waals surface area (Å²) in [6.45, 7) is 11.0. The molecule has 0 aromatic heterocycles. The Morgan fingerprint density at radius 2 is 1.16 bits per heavy atom. The summed E-state index contributed by atoms with van der Waals surface area (Å²) in [5, 5.41) is 0. The first-order valence-corrected chi connectivity index (χ1v) is 15.3. The van der Waals surface area contributed by atoms with Crippen molar-refractivity contribution in [2.24, 2.45) is 0 Å². The molecular formula is C41H41N2+. The minimum atomic E-state index is -0.0682. The van der Waals surface area contributed by atoms with E-state index in [0.29, 0.717) is 0 Å². The molecule has 6 rings (SSSR count). The van der Waals surface area contributed by atoms with E-state index in [1.807, 2.05) is 0 Å². The molecule has 0 fully saturated rings. The smallest absolute Gasteiger partial charge is 0.210 e. The molecular weight excluding hydrogens is 520 g/mol. The van der Waals surface area contributed by atoms with Crippen LogP contribution in [0.1, 0.15) is 49.9 Å². The van der Waals surface area contributed by atoms with Gasteiger partial charge in [-0.15, -0.1) is 0 Å². The first-order chi connectivity index (χ1) is 20.9. The second-order valence-electron chi connectivity index (χ2n) is 12.5. The number of hydrogen-bond donors (Lipinski definition) is 0. The first-order valence-electron chi connectivity index (χ1n) is 15.3. The van der Waals surface area contributed by atoms with Gasteiger partial charge in [0.25, 0.3) is 0 Å². The normalized spacial score (nSPS) is 18.0. The molecule has 0 unspecified atom stereocenters. The zero-order valence-corrected chi connectivity index (χ0v) is 25.7. The number of para-hydroxylation sites is 2. The van der Waals surface area contributed by atoms with Gasteiger partial charge in [0.15, 0.2) is 12.3 Å². The van der Waals surface area contributed by atoms with Crippen molar-refractivity contribution in [3.05, 3.63) is 180 Å². The number of fused-ring (bicyclic) bond motifs is 2. The largest absolute Gasteiger partial charge is 0.340 e. The minimum Gasteiger partial charge on any atom is -0.340 e. The summed E-state index contributed by atoms with van der Waals surface area (Å²) in [7, 11) is 0. The molecule has 0 amide bonds. The SMILES string of the molecule is CC1(C)C(/C=C/C=C/C=C/C=C2/N(Cc3ccccc3)c3ccccc3C2(C)C)=[N+](Cc2ccccc2)c2ccccc21. The van der Waals surface area contributed by atoms with Crippen molar-refractivity contribution < 1.29 is 4.58 Å². The van der Waals surface area contributed by atoms with Crippen molar-refractivity contribution in [2.75, 3.05) is 4.90 Å². The average Bonchev–Trinajstić information content (AvgIpc) is 3.36. The molecule has 0 spiro atoms. The van der Waals surface area contributed by atoms with Crippen molar-refractivity contribution in [1.82, 2.24) is 0 Å². The molecule has 0 radical (unpaired) electrons. The van der Waals surface area contributed by atoms with E-state index in [-0.39, 0.29) is 10.8 Å². The summed E-state index contributed by atoms with van der Waals surface area (Å²) in [5.74, 6) is 0. The van der Waals surface area contributed by atoms with Gasteiger partial charge in [-0.25, -0.2) is 0 Å². The van der Waals surface area contributed by atoms with Crippen LogP contribution in [-0.4, -0.2) is 10.3 Å². The Balaban J connectivity index is 1.23. The topological polar surface area (TPSA) is 6.25 Å². The Morgan fingerprint density at radius 3 is 1.91 bits per heavy atom. The molecule has 0 atom stereocenters. The van der Waals surface area contributed by atoms with Crippen molar-refractivity contribution >= 4 is 17.1 Å². The molecule has 4 aromatic rings. The van der Waals surface area contributed by atoms with Gasteiger partial charge in [0.05, 0.1) is 5.41 Å². The molecule has 2 heteroatoms. The van der Waals surface area contributed by atoms with Crippen LogP contribution in [0.5, 0.6) is 0 Å². The van der Waals surface area contributed by atoms with Gasteiger partial charge >= 0.3 is 0 Å². The van der Waals surface area contributed by atoms with Crippen LogP contribution in [0, 0.1) is 0 Å². The Hall–Kier alpha value is -4.69. The van der Waals surface area contributed by atoms with E-state index < -0.39 is 0 Å². The number of rotatable bonds is 8. The lowest BCUT2D eigenvalue weighted by molar-refractivity contribution is -0.455. The molecule has 2 heterocycles. The van der Waals surface area contributed by atoms with Gasteiger partial charge in [0.2, 0.25) is 5.69 Å². The summed E-state index contributed by atoms with van der Waals surface area (Å²) in [4.78, 5) is 2.47. The number of benzene rings is 4. The first kappa shape index (κ1) is 28.4. The van der Waals surface area contributed by atoms with Gasteiger partial charge in [0.1, 0.15) is 0 Å². The van der Waals surface area contributed by atoms with E-state index in [1.165, 1.54) is 45.0 Å². The Morgan fingerprint density at radius 1 is 0.581 bits per heavy atom. The second kappa shape index (κ2) is 11.9. The lowest BCUT2D eigenvalue weighted by Gasteiger charge is -2.27. The van der Waals surface area contributed by atoms with Gasteiger partial charge in [-0.3, -0.25) is 0 Å². The quantitative estimate of drug-likeness (QED) is 0.153. The molecule has 0 saturated carbocycles. The standard InChI is InChI=1S/C41H41N2/c1-40(2)34-24-16-18-26-36(34)42(30-32-20-10-8-11-21-32)38(40)28-14-6-5-7-15-29-39-41(3,4)35-25-17-19-27-37(35)43(39)31-33-22-12-9-13-23-33/h5-29H,30-31H2,1-4H3/q+1. The molecule has 214 valence electrons. The van der Waals surface area contributed by atoms with E-state index in [0.717, 1.165) is 13.1 Å². The third-order valence-electron chi connectivity index (χ3n) is 8.92. The third-order valence-corrected chi connectivity index (χ3v) is 8.92. The zero-order chi connectivity index (χ0) is 29.9. The molecule has 0 aliphatic carbocycles. The fraction of sp³-hybridized carbons (Fsp3) is 0.195. The van der Waals surface area contributed by atoms with Gasteiger partial charge < -0.3 is 4.90 Å². The Labute approximate surface area is 257 Å². The predicted octanol–water partition coefficient (Wildman–Crippen LogP) is 9.81. The molecule has 2 aliphatic rings. The molecule has 2 nitrogen and oxygen atoms in total. The number of allylic oxidation sites excluding steroid dienone is 8. The second-order valence-corrected chi connectivity index (χ2v) is 12.5. The van der Waals surface area contributed by atoms with E-state index in [9.17, 15) is 0 Å². The minimum absolute atomic E-state index is 0.0682. The van der Waals surface area contributed by atoms with Crippen molar-refractivity contribution in [2.45, 2.75) is 51.6 Å². The summed E-state index contributed by atoms with van der Waals surface area (Å²) < 4.78 is 2.47. The summed E-state index contributed by atoms with van der Waals surface area (Å²) in [6, 6.07) is 39.1. The zero-order valence-electron chi connectivity index (χ0n) is 25.7. The average molecular weight is 562 g/mol. The van der Waals surface area contributed by atoms with Crippen LogP contribution >= 0.6 is 0 Å². The summed E-state index contributed by atoms with van der Waals surface area (Å²) in [5.41, 5.74) is 10.5. The Kier molecular flexibility index (Phi) is 7.86. The molecule has 2 aliphatic heterocycles. The fourth-order valence-corrected chi connectivity index (χ4v) is 6.64. The maximum atomic E-state index is 2.47. The van der Waals surface area contributed by atoms with Crippen LogP contribution in [-0.2, 0) is 23.9 Å². The maximum absolute atomic E-state index is 2.47. The van der Waals surface area contributed by atoms with Crippen LogP contribution in [0.2, 0.25) is 0 Å². The Bertz CT molecular complexity index is 1750. The highest BCUT2D eigenvalue weighted by atomic mass is 15.2. The van der Waals surface area contributed by atoms with Crippen LogP contribution < -0.4 is 4.90 Å². The molecule has 4 aromatic carbocycles. The molecule has 0 bridgehead atoms. The van der Waals surface area contributed by atoms with Crippen molar-refractivity contribution in [3.63, 3.8) is 0 Å². The summed E-state index contributed by atoms with van der Waals surface area (Å²) >= 11 is 0. The van der Waals surface area contributed by atoms with Crippen LogP contribution in [0.4, 0.5) is 11.4 Å². The predicted molar refractivity (Wildman–Crippen MR) is 182 cm³/mol. The maximum Gasteiger partial charge on any atom is 0.210 e. The lowest BCUT2D eigenvalue weighted by Crippen LogP contribution is -2.27. The third kappa shape index (κ3) is 5.58. The number of nitrogens with zero attached hydrogens (tertiary/aromatic N) is 2. The fourth-order valence-electron chi connectivity index (χ4n) is 6.64. The van der Waals surface area contributed by atoms with E-state index in [4.69, 9.17) is 0 Å². The highest BCUT2D eigenvalue weighted by Gasteiger charge is 2.44. The molecule has 0 N–H and O–H groups in total. The summed E-state index contributed by atoms with van der Waals surface area (Å²) in [6.07, 6.45) is 15.3. The lowest BCUT2D eigenvalue weighted by atomic mass is 9.81. The van der Waals surface area contributed by atoms with Crippen LogP contribution in [0.15, 0.2) is 157 Å². The molecule has 0 saturated heterocycles. The van der Waals surface area contributed by atoms with Crippen LogP contribution in [0.3, 0.4) is 0 Å². The van der Waals surface area contributed by atoms with Crippen molar-refractivity contribution in [3.8, 4) is 0 Å². The van der Waals surface area contributed by atoms with Gasteiger partial charge in [0, 0.05) is 46.6 Å². The highest BCUT2D eigenvalue weighted by Crippen LogP contribution is 2.48. The highest BCUT2D eigenvalue weighted by molar-refractivity contribution is 6.03. The van der Waals surface area contributed by atoms with Gasteiger partial charge in [-0.1, -0.05) is 141 Å². The van der Waals surface area contributed by atoms with Crippen molar-refractivity contribution in [1.29, 1.82) is 0 Å². The monoisotopic (exact) mass is 561 g/mol. The van der Waals surface area contributed by atoms with Crippen LogP contribution in [0.25, 0.3) is 0 Å². The van der Waals surface area contributed by atoms with Gasteiger partial charge in [-0.2, -0.15) is 4.58 Å².